The summed E-state index contributed by atoms with van der Waals surface area (Å²) in [5.41, 5.74) is 11.9. The average Bonchev–Trinajstić information content (AvgIpc) is 3.60. The lowest BCUT2D eigenvalue weighted by Gasteiger charge is -2.34. The van der Waals surface area contributed by atoms with Gasteiger partial charge in [-0.3, -0.25) is 4.79 Å². The van der Waals surface area contributed by atoms with Crippen molar-refractivity contribution in [3.63, 3.8) is 0 Å². The van der Waals surface area contributed by atoms with E-state index in [4.69, 9.17) is 14.2 Å². The van der Waals surface area contributed by atoms with Gasteiger partial charge in [0, 0.05) is 21.5 Å². The molecule has 0 aliphatic carbocycles. The van der Waals surface area contributed by atoms with E-state index >= 15 is 0 Å². The van der Waals surface area contributed by atoms with Crippen molar-refractivity contribution in [3.8, 4) is 0 Å². The van der Waals surface area contributed by atoms with Gasteiger partial charge in [-0.1, -0.05) is 104 Å². The number of hydrogen-bond acceptors (Lipinski definition) is 6. The van der Waals surface area contributed by atoms with Crippen LogP contribution in [0.3, 0.4) is 0 Å². The molecule has 2 aliphatic heterocycles. The van der Waals surface area contributed by atoms with Crippen LogP contribution in [0.1, 0.15) is 36.1 Å². The molecule has 2 aliphatic rings. The zero-order valence-corrected chi connectivity index (χ0v) is 21.9. The molecule has 0 radical (unpaired) electrons. The van der Waals surface area contributed by atoms with E-state index in [-0.39, 0.29) is 6.61 Å². The maximum absolute atomic E-state index is 13.8. The van der Waals surface area contributed by atoms with Gasteiger partial charge in [0.2, 0.25) is 11.7 Å². The number of carbonyl (C=O) groups excluding carboxylic acids is 2. The number of cyclic esters (lactones) is 1. The third-order valence-electron chi connectivity index (χ3n) is 7.45. The molecule has 0 bridgehead atoms. The Balaban J connectivity index is 1.43. The topological polar surface area (TPSA) is 114 Å². The molecule has 2 fully saturated rings. The minimum atomic E-state index is -1.18. The number of azide groups is 1. The van der Waals surface area contributed by atoms with Gasteiger partial charge in [0.15, 0.2) is 0 Å². The molecule has 39 heavy (non-hydrogen) atoms. The van der Waals surface area contributed by atoms with Crippen LogP contribution < -0.4 is 0 Å². The highest BCUT2D eigenvalue weighted by Gasteiger charge is 2.46. The fourth-order valence-corrected chi connectivity index (χ4v) is 5.30. The molecule has 0 N–H and O–H groups in total. The summed E-state index contributed by atoms with van der Waals surface area (Å²) < 4.78 is 17.5. The fourth-order valence-electron chi connectivity index (χ4n) is 5.30. The number of carbonyl (C=O) groups is 2. The molecule has 0 saturated carbocycles. The van der Waals surface area contributed by atoms with Crippen molar-refractivity contribution in [1.82, 2.24) is 4.90 Å². The second-order valence-electron chi connectivity index (χ2n) is 10.2. The monoisotopic (exact) mass is 526 g/mol. The molecular weight excluding hydrogens is 496 g/mol. The van der Waals surface area contributed by atoms with Crippen molar-refractivity contribution in [2.45, 2.75) is 43.6 Å². The Kier molecular flexibility index (Phi) is 7.39. The molecule has 5 rings (SSSR count). The number of amides is 2. The summed E-state index contributed by atoms with van der Waals surface area (Å²) >= 11 is 0. The van der Waals surface area contributed by atoms with Gasteiger partial charge in [0.05, 0.1) is 19.3 Å². The van der Waals surface area contributed by atoms with Crippen LogP contribution >= 0.6 is 0 Å². The Morgan fingerprint density at radius 3 is 2.21 bits per heavy atom. The lowest BCUT2D eigenvalue weighted by molar-refractivity contribution is -0.132. The van der Waals surface area contributed by atoms with E-state index in [1.54, 1.807) is 0 Å². The maximum Gasteiger partial charge on any atom is 0.416 e. The highest BCUT2D eigenvalue weighted by Crippen LogP contribution is 2.40. The van der Waals surface area contributed by atoms with E-state index in [9.17, 15) is 15.1 Å². The van der Waals surface area contributed by atoms with Crippen LogP contribution in [-0.4, -0.2) is 48.8 Å². The average molecular weight is 527 g/mol. The van der Waals surface area contributed by atoms with Gasteiger partial charge in [-0.2, -0.15) is 0 Å². The predicted molar refractivity (Wildman–Crippen MR) is 144 cm³/mol. The molecule has 200 valence electrons. The zero-order valence-electron chi connectivity index (χ0n) is 21.9. The van der Waals surface area contributed by atoms with Gasteiger partial charge in [0.1, 0.15) is 12.6 Å². The summed E-state index contributed by atoms with van der Waals surface area (Å²) in [6, 6.07) is 25.2. The smallest absolute Gasteiger partial charge is 0.416 e. The summed E-state index contributed by atoms with van der Waals surface area (Å²) in [5.74, 6) is -1.61. The van der Waals surface area contributed by atoms with E-state index < -0.39 is 35.3 Å². The Hall–Kier alpha value is -4.17. The standard InChI is InChI=1S/C30H30N4O5/c1-29(2,22-13-15-24(16-14-22)30(38-17-18-39-30)23-11-7-4-8-12-23)26(32-33-31)27(35)34-25(20-37-28(34)36)19-21-9-5-3-6-10-21/h3-16,25-26H,17-20H2,1-2H3/t25-,26+/m0/s1. The van der Waals surface area contributed by atoms with E-state index in [0.29, 0.717) is 19.6 Å². The van der Waals surface area contributed by atoms with Crippen molar-refractivity contribution in [3.05, 3.63) is 118 Å². The first kappa shape index (κ1) is 26.4. The van der Waals surface area contributed by atoms with Gasteiger partial charge in [0.25, 0.3) is 0 Å². The molecule has 3 aromatic carbocycles. The molecule has 2 amide bonds. The van der Waals surface area contributed by atoms with E-state index in [1.165, 1.54) is 0 Å². The van der Waals surface area contributed by atoms with Crippen molar-refractivity contribution < 1.29 is 23.8 Å². The van der Waals surface area contributed by atoms with Gasteiger partial charge in [-0.25, -0.2) is 9.69 Å². The molecular formula is C30H30N4O5. The maximum atomic E-state index is 13.8. The Labute approximate surface area is 226 Å². The van der Waals surface area contributed by atoms with Gasteiger partial charge < -0.3 is 14.2 Å². The Bertz CT molecular complexity index is 1370. The molecule has 2 heterocycles. The minimum Gasteiger partial charge on any atom is -0.447 e. The minimum absolute atomic E-state index is 0.0825. The lowest BCUT2D eigenvalue weighted by Crippen LogP contribution is -2.50. The van der Waals surface area contributed by atoms with Crippen LogP contribution in [-0.2, 0) is 36.6 Å². The van der Waals surface area contributed by atoms with Crippen molar-refractivity contribution in [1.29, 1.82) is 0 Å². The lowest BCUT2D eigenvalue weighted by atomic mass is 9.76. The van der Waals surface area contributed by atoms with E-state index in [2.05, 4.69) is 10.0 Å². The number of imide groups is 1. The first-order chi connectivity index (χ1) is 18.9. The van der Waals surface area contributed by atoms with E-state index in [1.807, 2.05) is 98.8 Å². The quantitative estimate of drug-likeness (QED) is 0.219. The second-order valence-corrected chi connectivity index (χ2v) is 10.2. The number of nitrogens with zero attached hydrogens (tertiary/aromatic N) is 4. The molecule has 0 unspecified atom stereocenters. The molecule has 2 atom stereocenters. The Morgan fingerprint density at radius 2 is 1.59 bits per heavy atom. The third-order valence-corrected chi connectivity index (χ3v) is 7.45. The highest BCUT2D eigenvalue weighted by atomic mass is 16.7. The van der Waals surface area contributed by atoms with Crippen LogP contribution in [0.15, 0.2) is 90.0 Å². The predicted octanol–water partition coefficient (Wildman–Crippen LogP) is 5.48. The molecule has 3 aromatic rings. The summed E-state index contributed by atoms with van der Waals surface area (Å²) in [4.78, 5) is 30.5. The second kappa shape index (κ2) is 10.9. The molecule has 0 aromatic heterocycles. The van der Waals surface area contributed by atoms with Crippen molar-refractivity contribution in [2.24, 2.45) is 5.11 Å². The summed E-state index contributed by atoms with van der Waals surface area (Å²) in [6.45, 7) is 4.65. The van der Waals surface area contributed by atoms with Crippen LogP contribution in [0.5, 0.6) is 0 Å². The summed E-state index contributed by atoms with van der Waals surface area (Å²) in [6.07, 6.45) is -0.289. The molecule has 9 nitrogen and oxygen atoms in total. The van der Waals surface area contributed by atoms with Gasteiger partial charge in [-0.15, -0.1) is 0 Å². The van der Waals surface area contributed by atoms with Gasteiger partial charge >= 0.3 is 6.09 Å². The fraction of sp³-hybridized carbons (Fsp3) is 0.333. The van der Waals surface area contributed by atoms with Crippen LogP contribution in [0.2, 0.25) is 0 Å². The van der Waals surface area contributed by atoms with Crippen LogP contribution in [0.4, 0.5) is 4.79 Å². The highest BCUT2D eigenvalue weighted by molar-refractivity contribution is 5.97. The number of rotatable bonds is 8. The SMILES string of the molecule is CC(C)(c1ccc(C2(c3ccccc3)OCCO2)cc1)[C@H](N=[N+]=[N-])C(=O)N1C(=O)OC[C@@H]1Cc1ccccc1. The van der Waals surface area contributed by atoms with Crippen molar-refractivity contribution in [2.75, 3.05) is 19.8 Å². The Morgan fingerprint density at radius 1 is 1.00 bits per heavy atom. The normalized spacial score (nSPS) is 19.3. The van der Waals surface area contributed by atoms with Crippen LogP contribution in [0, 0.1) is 0 Å². The largest absolute Gasteiger partial charge is 0.447 e. The summed E-state index contributed by atoms with van der Waals surface area (Å²) in [5, 5.41) is 3.89. The molecule has 0 spiro atoms. The number of benzene rings is 3. The van der Waals surface area contributed by atoms with Crippen LogP contribution in [0.25, 0.3) is 10.4 Å². The zero-order chi connectivity index (χ0) is 27.5. The molecule has 9 heteroatoms. The first-order valence-electron chi connectivity index (χ1n) is 12.9. The third kappa shape index (κ3) is 5.00. The van der Waals surface area contributed by atoms with E-state index in [0.717, 1.165) is 27.2 Å². The number of hydrogen-bond donors (Lipinski definition) is 0. The summed E-state index contributed by atoms with van der Waals surface area (Å²) in [7, 11) is 0. The van der Waals surface area contributed by atoms with Crippen molar-refractivity contribution >= 4 is 12.0 Å². The van der Waals surface area contributed by atoms with Gasteiger partial charge in [-0.05, 0) is 23.1 Å². The first-order valence-corrected chi connectivity index (χ1v) is 12.9. The molecule has 2 saturated heterocycles. The number of ether oxygens (including phenoxy) is 3.